The van der Waals surface area contributed by atoms with Crippen molar-refractivity contribution in [2.24, 2.45) is 5.92 Å². The van der Waals surface area contributed by atoms with Crippen molar-refractivity contribution < 1.29 is 4.79 Å². The number of carbonyl (C=O) groups excluding carboxylic acids is 1. The highest BCUT2D eigenvalue weighted by Crippen LogP contribution is 2.34. The van der Waals surface area contributed by atoms with Gasteiger partial charge in [-0.25, -0.2) is 0 Å². The van der Waals surface area contributed by atoms with Crippen LogP contribution >= 0.6 is 35.7 Å². The van der Waals surface area contributed by atoms with Crippen molar-refractivity contribution in [1.82, 2.24) is 5.32 Å². The van der Waals surface area contributed by atoms with Gasteiger partial charge in [0.05, 0.1) is 6.07 Å². The standard InChI is InChI=1S/C14H24N2OS3/c1-5-19-13(18)20-14(4,10-15)8-6-12(17)16-9-7-11(2)3/h11H,5-9H2,1-4H3,(H,16,17). The lowest BCUT2D eigenvalue weighted by Crippen LogP contribution is -2.28. The molecule has 0 saturated heterocycles. The van der Waals surface area contributed by atoms with E-state index in [2.05, 4.69) is 25.2 Å². The van der Waals surface area contributed by atoms with Gasteiger partial charge < -0.3 is 5.32 Å². The van der Waals surface area contributed by atoms with Gasteiger partial charge in [-0.1, -0.05) is 44.8 Å². The van der Waals surface area contributed by atoms with Gasteiger partial charge >= 0.3 is 0 Å². The first-order valence-electron chi connectivity index (χ1n) is 6.86. The number of amides is 1. The van der Waals surface area contributed by atoms with Crippen molar-refractivity contribution in [2.45, 2.75) is 51.7 Å². The molecule has 1 N–H and O–H groups in total. The minimum atomic E-state index is -0.616. The molecule has 0 spiro atoms. The van der Waals surface area contributed by atoms with Crippen LogP contribution in [0.1, 0.15) is 47.0 Å². The summed E-state index contributed by atoms with van der Waals surface area (Å²) in [4.78, 5) is 11.7. The molecule has 0 saturated carbocycles. The fourth-order valence-corrected chi connectivity index (χ4v) is 4.30. The molecule has 3 nitrogen and oxygen atoms in total. The van der Waals surface area contributed by atoms with E-state index in [1.807, 2.05) is 13.8 Å². The van der Waals surface area contributed by atoms with Crippen molar-refractivity contribution in [3.8, 4) is 6.07 Å². The minimum Gasteiger partial charge on any atom is -0.356 e. The molecular weight excluding hydrogens is 308 g/mol. The SMILES string of the molecule is CCSC(=S)SC(C)(C#N)CCC(=O)NCCC(C)C. The molecule has 0 aromatic rings. The van der Waals surface area contributed by atoms with E-state index in [1.54, 1.807) is 11.8 Å². The zero-order valence-corrected chi connectivity index (χ0v) is 15.1. The number of nitrogens with zero attached hydrogens (tertiary/aromatic N) is 1. The quantitative estimate of drug-likeness (QED) is 0.681. The summed E-state index contributed by atoms with van der Waals surface area (Å²) < 4.78 is 0.158. The summed E-state index contributed by atoms with van der Waals surface area (Å²) in [6, 6.07) is 2.28. The molecule has 114 valence electrons. The number of thioether (sulfide) groups is 2. The summed E-state index contributed by atoms with van der Waals surface area (Å²) in [6.07, 6.45) is 1.87. The Balaban J connectivity index is 4.13. The molecule has 0 aromatic heterocycles. The van der Waals surface area contributed by atoms with Crippen molar-refractivity contribution in [3.63, 3.8) is 0 Å². The topological polar surface area (TPSA) is 52.9 Å². The number of hydrogen-bond donors (Lipinski definition) is 1. The second kappa shape index (κ2) is 10.5. The Morgan fingerprint density at radius 3 is 2.65 bits per heavy atom. The smallest absolute Gasteiger partial charge is 0.220 e. The van der Waals surface area contributed by atoms with E-state index < -0.39 is 4.75 Å². The maximum Gasteiger partial charge on any atom is 0.220 e. The van der Waals surface area contributed by atoms with Gasteiger partial charge in [-0.2, -0.15) is 5.26 Å². The molecule has 0 fully saturated rings. The van der Waals surface area contributed by atoms with Gasteiger partial charge in [-0.3, -0.25) is 4.79 Å². The molecular formula is C14H24N2OS3. The summed E-state index contributed by atoms with van der Waals surface area (Å²) in [5, 5.41) is 12.2. The lowest BCUT2D eigenvalue weighted by molar-refractivity contribution is -0.121. The Labute approximate surface area is 136 Å². The molecule has 0 aliphatic heterocycles. The Bertz CT molecular complexity index is 366. The van der Waals surface area contributed by atoms with Gasteiger partial charge in [-0.15, -0.1) is 11.8 Å². The monoisotopic (exact) mass is 332 g/mol. The summed E-state index contributed by atoms with van der Waals surface area (Å²) >= 11 is 8.18. The van der Waals surface area contributed by atoms with Crippen LogP contribution in [0.3, 0.4) is 0 Å². The van der Waals surface area contributed by atoms with Crippen LogP contribution in [0.2, 0.25) is 0 Å². The first-order chi connectivity index (χ1) is 9.33. The van der Waals surface area contributed by atoms with Crippen LogP contribution in [0.25, 0.3) is 0 Å². The lowest BCUT2D eigenvalue weighted by atomic mass is 10.1. The molecule has 1 unspecified atom stereocenters. The Morgan fingerprint density at radius 2 is 2.15 bits per heavy atom. The molecule has 0 bridgehead atoms. The van der Waals surface area contributed by atoms with Crippen molar-refractivity contribution in [2.75, 3.05) is 12.3 Å². The van der Waals surface area contributed by atoms with E-state index in [9.17, 15) is 10.1 Å². The largest absolute Gasteiger partial charge is 0.356 e. The van der Waals surface area contributed by atoms with Crippen LogP contribution in [0.4, 0.5) is 0 Å². The lowest BCUT2D eigenvalue weighted by Gasteiger charge is -2.20. The Hall–Kier alpha value is -0.250. The van der Waals surface area contributed by atoms with Gasteiger partial charge in [-0.05, 0) is 31.4 Å². The van der Waals surface area contributed by atoms with Gasteiger partial charge in [0.15, 0.2) is 0 Å². The summed E-state index contributed by atoms with van der Waals surface area (Å²) in [7, 11) is 0. The maximum absolute atomic E-state index is 11.7. The second-order valence-corrected chi connectivity index (χ2v) is 9.13. The summed E-state index contributed by atoms with van der Waals surface area (Å²) in [5.41, 5.74) is 0. The molecule has 0 aliphatic carbocycles. The molecule has 0 heterocycles. The van der Waals surface area contributed by atoms with E-state index in [0.29, 0.717) is 25.3 Å². The molecule has 0 aromatic carbocycles. The third kappa shape index (κ3) is 9.62. The van der Waals surface area contributed by atoms with Crippen LogP contribution in [-0.2, 0) is 4.79 Å². The van der Waals surface area contributed by atoms with Crippen LogP contribution in [-0.4, -0.2) is 26.5 Å². The van der Waals surface area contributed by atoms with Crippen molar-refractivity contribution >= 4 is 45.2 Å². The predicted molar refractivity (Wildman–Crippen MR) is 94.0 cm³/mol. The van der Waals surface area contributed by atoms with Crippen LogP contribution in [0, 0.1) is 17.2 Å². The highest BCUT2D eigenvalue weighted by molar-refractivity contribution is 8.47. The van der Waals surface area contributed by atoms with Gasteiger partial charge in [0, 0.05) is 13.0 Å². The van der Waals surface area contributed by atoms with Crippen LogP contribution in [0.15, 0.2) is 0 Å². The first-order valence-corrected chi connectivity index (χ1v) is 9.07. The van der Waals surface area contributed by atoms with E-state index in [0.717, 1.165) is 15.7 Å². The average Bonchev–Trinajstić information content (AvgIpc) is 2.36. The number of nitrogens with one attached hydrogen (secondary N) is 1. The number of nitriles is 1. The molecule has 20 heavy (non-hydrogen) atoms. The minimum absolute atomic E-state index is 0.0155. The number of rotatable bonds is 8. The third-order valence-electron chi connectivity index (χ3n) is 2.68. The predicted octanol–water partition coefficient (Wildman–Crippen LogP) is 3.98. The normalized spacial score (nSPS) is 13.6. The summed E-state index contributed by atoms with van der Waals surface area (Å²) in [6.45, 7) is 8.84. The van der Waals surface area contributed by atoms with E-state index in [1.165, 1.54) is 11.8 Å². The number of thiocarbonyl (C=S) groups is 1. The highest BCUT2D eigenvalue weighted by atomic mass is 32.2. The van der Waals surface area contributed by atoms with E-state index >= 15 is 0 Å². The fraction of sp³-hybridized carbons (Fsp3) is 0.786. The van der Waals surface area contributed by atoms with Crippen molar-refractivity contribution in [1.29, 1.82) is 5.26 Å². The van der Waals surface area contributed by atoms with Gasteiger partial charge in [0.2, 0.25) is 5.91 Å². The van der Waals surface area contributed by atoms with Gasteiger partial charge in [0.25, 0.3) is 0 Å². The van der Waals surface area contributed by atoms with Crippen LogP contribution < -0.4 is 5.32 Å². The van der Waals surface area contributed by atoms with Crippen LogP contribution in [0.5, 0.6) is 0 Å². The van der Waals surface area contributed by atoms with E-state index in [-0.39, 0.29) is 5.91 Å². The zero-order chi connectivity index (χ0) is 15.6. The fourth-order valence-electron chi connectivity index (χ4n) is 1.40. The zero-order valence-electron chi connectivity index (χ0n) is 12.7. The Morgan fingerprint density at radius 1 is 1.50 bits per heavy atom. The number of carbonyl (C=O) groups is 1. The average molecular weight is 333 g/mol. The molecule has 0 aliphatic rings. The summed E-state index contributed by atoms with van der Waals surface area (Å²) in [5.74, 6) is 1.50. The Kier molecular flexibility index (Phi) is 10.3. The molecule has 1 amide bonds. The second-order valence-electron chi connectivity index (χ2n) is 5.16. The molecule has 6 heteroatoms. The number of hydrogen-bond acceptors (Lipinski definition) is 5. The first kappa shape index (κ1) is 19.8. The van der Waals surface area contributed by atoms with Crippen molar-refractivity contribution in [3.05, 3.63) is 0 Å². The highest BCUT2D eigenvalue weighted by Gasteiger charge is 2.27. The molecule has 0 radical (unpaired) electrons. The molecule has 0 rings (SSSR count). The molecule has 1 atom stereocenters. The van der Waals surface area contributed by atoms with Gasteiger partial charge in [0.1, 0.15) is 8.28 Å². The third-order valence-corrected chi connectivity index (χ3v) is 5.32. The van der Waals surface area contributed by atoms with E-state index in [4.69, 9.17) is 12.2 Å². The maximum atomic E-state index is 11.7.